The normalized spacial score (nSPS) is 12.7. The highest BCUT2D eigenvalue weighted by atomic mass is 32.2. The van der Waals surface area contributed by atoms with Crippen molar-refractivity contribution in [2.75, 3.05) is 42.4 Å². The van der Waals surface area contributed by atoms with Crippen molar-refractivity contribution >= 4 is 39.3 Å². The molecule has 0 fully saturated rings. The number of methoxy groups -OCH3 is 2. The van der Waals surface area contributed by atoms with Crippen LogP contribution in [0.25, 0.3) is 0 Å². The van der Waals surface area contributed by atoms with E-state index in [4.69, 9.17) is 0 Å². The van der Waals surface area contributed by atoms with Crippen LogP contribution in [0.3, 0.4) is 0 Å². The molecule has 12 nitrogen and oxygen atoms in total. The van der Waals surface area contributed by atoms with Crippen LogP contribution in [-0.2, 0) is 19.5 Å². The number of benzene rings is 3. The van der Waals surface area contributed by atoms with Gasteiger partial charge in [-0.25, -0.2) is 18.0 Å². The fourth-order valence-electron chi connectivity index (χ4n) is 4.31. The zero-order chi connectivity index (χ0) is 30.9. The quantitative estimate of drug-likeness (QED) is 0.165. The van der Waals surface area contributed by atoms with Gasteiger partial charge in [-0.3, -0.25) is 15.4 Å². The minimum atomic E-state index is -3.62. The highest BCUT2D eigenvalue weighted by Gasteiger charge is 2.20. The highest BCUT2D eigenvalue weighted by molar-refractivity contribution is 7.92. The number of rotatable bonds is 12. The molecule has 0 bridgehead atoms. The summed E-state index contributed by atoms with van der Waals surface area (Å²) in [7, 11) is -1.04. The van der Waals surface area contributed by atoms with Crippen molar-refractivity contribution in [2.24, 2.45) is 0 Å². The van der Waals surface area contributed by atoms with Crippen LogP contribution in [-0.4, -0.2) is 63.9 Å². The topological polar surface area (TPSA) is 175 Å². The summed E-state index contributed by atoms with van der Waals surface area (Å²) in [4.78, 5) is 23.2. The second-order valence-electron chi connectivity index (χ2n) is 9.74. The largest absolute Gasteiger partial charge is 0.506 e. The van der Waals surface area contributed by atoms with Crippen LogP contribution in [0.5, 0.6) is 5.75 Å². The molecule has 0 heterocycles. The molecule has 3 aromatic carbocycles. The van der Waals surface area contributed by atoms with Gasteiger partial charge in [0.1, 0.15) is 5.75 Å². The van der Waals surface area contributed by atoms with Gasteiger partial charge in [-0.15, -0.1) is 0 Å². The number of amides is 2. The molecule has 0 spiro atoms. The molecule has 6 N–H and O–H groups in total. The predicted molar refractivity (Wildman–Crippen MR) is 160 cm³/mol. The number of sulfonamides is 1. The summed E-state index contributed by atoms with van der Waals surface area (Å²) in [6.07, 6.45) is -0.522. The number of carbonyl (C=O) groups is 2. The molecule has 3 aromatic rings. The first kappa shape index (κ1) is 32.2. The van der Waals surface area contributed by atoms with Gasteiger partial charge in [0.15, 0.2) is 0 Å². The van der Waals surface area contributed by atoms with Gasteiger partial charge in [-0.1, -0.05) is 30.3 Å². The van der Waals surface area contributed by atoms with Crippen LogP contribution < -0.4 is 20.7 Å². The van der Waals surface area contributed by atoms with Crippen LogP contribution in [0, 0.1) is 0 Å². The summed E-state index contributed by atoms with van der Waals surface area (Å²) in [5.74, 6) is -0.343. The third kappa shape index (κ3) is 9.65. The Balaban J connectivity index is 1.76. The average Bonchev–Trinajstić information content (AvgIpc) is 2.96. The van der Waals surface area contributed by atoms with Crippen molar-refractivity contribution in [3.8, 4) is 5.75 Å². The van der Waals surface area contributed by atoms with E-state index in [-0.39, 0.29) is 29.9 Å². The lowest BCUT2D eigenvalue weighted by atomic mass is 9.86. The van der Waals surface area contributed by atoms with E-state index in [1.165, 1.54) is 32.4 Å². The molecular weight excluding hydrogens is 564 g/mol. The second kappa shape index (κ2) is 14.5. The van der Waals surface area contributed by atoms with Crippen molar-refractivity contribution in [1.82, 2.24) is 5.32 Å². The number of hydrogen-bond donors (Lipinski definition) is 6. The highest BCUT2D eigenvalue weighted by Crippen LogP contribution is 2.32. The molecule has 226 valence electrons. The lowest BCUT2D eigenvalue weighted by Crippen LogP contribution is -2.32. The van der Waals surface area contributed by atoms with Gasteiger partial charge in [0.2, 0.25) is 10.0 Å². The average molecular weight is 601 g/mol. The number of hydrogen-bond acceptors (Lipinski definition) is 9. The Kier molecular flexibility index (Phi) is 11.1. The van der Waals surface area contributed by atoms with Crippen molar-refractivity contribution in [2.45, 2.75) is 31.4 Å². The first-order valence-corrected chi connectivity index (χ1v) is 14.9. The Labute approximate surface area is 245 Å². The zero-order valence-electron chi connectivity index (χ0n) is 23.7. The summed E-state index contributed by atoms with van der Waals surface area (Å²) >= 11 is 0. The summed E-state index contributed by atoms with van der Waals surface area (Å²) < 4.78 is 34.7. The molecule has 2 atom stereocenters. The van der Waals surface area contributed by atoms with E-state index < -0.39 is 28.3 Å². The number of carbonyl (C=O) groups excluding carboxylic acids is 2. The van der Waals surface area contributed by atoms with Crippen molar-refractivity contribution < 1.29 is 37.7 Å². The minimum absolute atomic E-state index is 0.0163. The predicted octanol–water partition coefficient (Wildman–Crippen LogP) is 4.35. The molecular formula is C29H36N4O8S. The summed E-state index contributed by atoms with van der Waals surface area (Å²) in [6, 6.07) is 18.9. The first-order valence-electron chi connectivity index (χ1n) is 13.0. The molecule has 0 aromatic heterocycles. The van der Waals surface area contributed by atoms with Crippen LogP contribution in [0.4, 0.5) is 26.7 Å². The van der Waals surface area contributed by atoms with E-state index in [9.17, 15) is 28.2 Å². The Morgan fingerprint density at radius 1 is 0.833 bits per heavy atom. The van der Waals surface area contributed by atoms with E-state index in [0.29, 0.717) is 23.4 Å². The fraction of sp³-hybridized carbons (Fsp3) is 0.310. The number of anilines is 3. The summed E-state index contributed by atoms with van der Waals surface area (Å²) in [6.45, 7) is 2.15. The lowest BCUT2D eigenvalue weighted by Gasteiger charge is -2.25. The van der Waals surface area contributed by atoms with Gasteiger partial charge >= 0.3 is 12.2 Å². The van der Waals surface area contributed by atoms with Crippen LogP contribution >= 0.6 is 0 Å². The number of phenolic OH excluding ortho intramolecular Hbond substituents is 1. The molecule has 0 aliphatic heterocycles. The molecule has 42 heavy (non-hydrogen) atoms. The maximum absolute atomic E-state index is 11.6. The molecule has 0 radical (unpaired) electrons. The molecule has 0 unspecified atom stereocenters. The van der Waals surface area contributed by atoms with Gasteiger partial charge < -0.3 is 25.0 Å². The van der Waals surface area contributed by atoms with Gasteiger partial charge in [-0.05, 0) is 66.4 Å². The molecule has 13 heteroatoms. The molecule has 0 aliphatic rings. The van der Waals surface area contributed by atoms with Gasteiger partial charge in [-0.2, -0.15) is 0 Å². The number of nitrogens with one attached hydrogen (secondary N) is 4. The van der Waals surface area contributed by atoms with Crippen LogP contribution in [0.15, 0.2) is 66.7 Å². The van der Waals surface area contributed by atoms with Gasteiger partial charge in [0.05, 0.1) is 32.3 Å². The third-order valence-corrected chi connectivity index (χ3v) is 7.03. The van der Waals surface area contributed by atoms with E-state index in [1.54, 1.807) is 24.3 Å². The zero-order valence-corrected chi connectivity index (χ0v) is 24.6. The number of aliphatic hydroxyl groups excluding tert-OH is 1. The maximum Gasteiger partial charge on any atom is 0.411 e. The Hall–Kier alpha value is -4.33. The van der Waals surface area contributed by atoms with Gasteiger partial charge in [0, 0.05) is 29.9 Å². The Morgan fingerprint density at radius 2 is 1.31 bits per heavy atom. The number of phenols is 1. The third-order valence-electron chi connectivity index (χ3n) is 6.44. The molecule has 3 rings (SSSR count). The number of aliphatic hydroxyl groups is 1. The molecule has 2 amide bonds. The van der Waals surface area contributed by atoms with Crippen molar-refractivity contribution in [3.05, 3.63) is 83.4 Å². The lowest BCUT2D eigenvalue weighted by molar-refractivity contribution is 0.169. The maximum atomic E-state index is 11.6. The Morgan fingerprint density at radius 3 is 1.76 bits per heavy atom. The second-order valence-corrected chi connectivity index (χ2v) is 11.5. The molecule has 0 saturated carbocycles. The van der Waals surface area contributed by atoms with Crippen molar-refractivity contribution in [3.63, 3.8) is 0 Å². The fourth-order valence-corrected chi connectivity index (χ4v) is 4.87. The van der Waals surface area contributed by atoms with Crippen molar-refractivity contribution in [1.29, 1.82) is 0 Å². The smallest absolute Gasteiger partial charge is 0.411 e. The summed E-state index contributed by atoms with van der Waals surface area (Å²) in [5, 5.41) is 29.4. The summed E-state index contributed by atoms with van der Waals surface area (Å²) in [5.41, 5.74) is 3.52. The number of aromatic hydroxyl groups is 1. The number of ether oxygens (including phenoxy) is 2. The van der Waals surface area contributed by atoms with Gasteiger partial charge in [0.25, 0.3) is 0 Å². The van der Waals surface area contributed by atoms with E-state index in [0.717, 1.165) is 17.4 Å². The van der Waals surface area contributed by atoms with Crippen LogP contribution in [0.2, 0.25) is 0 Å². The SMILES string of the molecule is COC(=O)Nc1ccc(C(C[C@H](C)NC[C@H](O)c2ccc(O)c(NS(C)(=O)=O)c2)c2ccc(NC(=O)OC)cc2)cc1. The molecule has 0 aliphatic carbocycles. The monoisotopic (exact) mass is 600 g/mol. The van der Waals surface area contributed by atoms with E-state index in [2.05, 4.69) is 30.1 Å². The Bertz CT molecular complexity index is 1400. The van der Waals surface area contributed by atoms with E-state index >= 15 is 0 Å². The first-order chi connectivity index (χ1) is 19.9. The van der Waals surface area contributed by atoms with E-state index in [1.807, 2.05) is 31.2 Å². The van der Waals surface area contributed by atoms with Crippen LogP contribution in [0.1, 0.15) is 42.1 Å². The standard InChI is InChI=1S/C29H36N4O8S/c1-18(30-17-27(35)21-9-14-26(34)25(16-21)33-42(4,38)39)15-24(19-5-10-22(11-6-19)31-28(36)40-2)20-7-12-23(13-8-20)32-29(37)41-3/h5-14,16,18,24,27,30,33-35H,15,17H2,1-4H3,(H,31,36)(H,32,37)/t18-,27-/m0/s1. The molecule has 0 saturated heterocycles. The minimum Gasteiger partial charge on any atom is -0.506 e.